The Morgan fingerprint density at radius 3 is 2.81 bits per heavy atom. The predicted octanol–water partition coefficient (Wildman–Crippen LogP) is 2.83. The highest BCUT2D eigenvalue weighted by molar-refractivity contribution is 9.12. The van der Waals surface area contributed by atoms with Gasteiger partial charge in [-0.25, -0.2) is 0 Å². The van der Waals surface area contributed by atoms with Gasteiger partial charge in [-0.15, -0.1) is 0 Å². The van der Waals surface area contributed by atoms with Gasteiger partial charge in [-0.3, -0.25) is 4.99 Å². The number of hydrogen-bond acceptors (Lipinski definition) is 3. The molecule has 0 aromatic heterocycles. The molecule has 0 unspecified atom stereocenters. The summed E-state index contributed by atoms with van der Waals surface area (Å²) in [6, 6.07) is 7.09. The fourth-order valence-electron chi connectivity index (χ4n) is 1.24. The van der Waals surface area contributed by atoms with Gasteiger partial charge in [0.25, 0.3) is 0 Å². The summed E-state index contributed by atoms with van der Waals surface area (Å²) in [4.78, 5) is 4.09. The number of benzene rings is 1. The molecule has 1 aromatic carbocycles. The summed E-state index contributed by atoms with van der Waals surface area (Å²) >= 11 is 9.17. The summed E-state index contributed by atoms with van der Waals surface area (Å²) in [6.07, 6.45) is 1.38. The summed E-state index contributed by atoms with van der Waals surface area (Å²) in [5, 5.41) is 9.54. The van der Waals surface area contributed by atoms with Crippen LogP contribution < -0.4 is 5.73 Å². The van der Waals surface area contributed by atoms with E-state index in [0.717, 1.165) is 0 Å². The van der Waals surface area contributed by atoms with Gasteiger partial charge in [0.05, 0.1) is 21.8 Å². The third-order valence-electron chi connectivity index (χ3n) is 1.95. The maximum Gasteiger partial charge on any atom is 0.0998 e. The van der Waals surface area contributed by atoms with Gasteiger partial charge in [0, 0.05) is 23.8 Å². The summed E-state index contributed by atoms with van der Waals surface area (Å²) in [5.74, 6) is 0. The Labute approximate surface area is 107 Å². The van der Waals surface area contributed by atoms with Gasteiger partial charge in [-0.1, -0.05) is 11.6 Å². The average Bonchev–Trinajstić information content (AvgIpc) is 2.30. The highest BCUT2D eigenvalue weighted by Gasteiger charge is 2.12. The SMILES string of the molecule is CN=C(/C(Br)=C\N)c1cc(Cl)ccc1C#N. The van der Waals surface area contributed by atoms with Crippen LogP contribution in [0, 0.1) is 11.3 Å². The molecule has 0 aliphatic carbocycles. The van der Waals surface area contributed by atoms with Crippen molar-refractivity contribution in [2.75, 3.05) is 7.05 Å². The lowest BCUT2D eigenvalue weighted by molar-refractivity contribution is 1.41. The number of nitrogens with two attached hydrogens (primary N) is 1. The normalized spacial score (nSPS) is 12.4. The van der Waals surface area contributed by atoms with Crippen molar-refractivity contribution in [1.82, 2.24) is 0 Å². The first-order chi connectivity index (χ1) is 7.63. The summed E-state index contributed by atoms with van der Waals surface area (Å²) < 4.78 is 0.619. The van der Waals surface area contributed by atoms with Crippen LogP contribution in [0.15, 0.2) is 33.9 Å². The molecule has 5 heteroatoms. The minimum Gasteiger partial charge on any atom is -0.404 e. The summed E-state index contributed by atoms with van der Waals surface area (Å²) in [6.45, 7) is 0. The van der Waals surface area contributed by atoms with Gasteiger partial charge in [0.1, 0.15) is 0 Å². The molecule has 82 valence electrons. The maximum atomic E-state index is 8.99. The van der Waals surface area contributed by atoms with Crippen LogP contribution in [0.25, 0.3) is 0 Å². The van der Waals surface area contributed by atoms with E-state index in [0.29, 0.717) is 26.3 Å². The zero-order chi connectivity index (χ0) is 12.1. The van der Waals surface area contributed by atoms with E-state index in [4.69, 9.17) is 22.6 Å². The van der Waals surface area contributed by atoms with Crippen molar-refractivity contribution < 1.29 is 0 Å². The molecule has 16 heavy (non-hydrogen) atoms. The molecular formula is C11H9BrClN3. The maximum absolute atomic E-state index is 8.99. The molecule has 0 aliphatic heterocycles. The van der Waals surface area contributed by atoms with Crippen LogP contribution in [0.1, 0.15) is 11.1 Å². The molecule has 1 aromatic rings. The fourth-order valence-corrected chi connectivity index (χ4v) is 1.81. The molecule has 0 spiro atoms. The zero-order valence-electron chi connectivity index (χ0n) is 8.54. The third-order valence-corrected chi connectivity index (χ3v) is 2.83. The Hall–Kier alpha value is -1.31. The lowest BCUT2D eigenvalue weighted by atomic mass is 10.0. The van der Waals surface area contributed by atoms with E-state index < -0.39 is 0 Å². The molecule has 0 radical (unpaired) electrons. The van der Waals surface area contributed by atoms with E-state index in [-0.39, 0.29) is 0 Å². The first kappa shape index (κ1) is 12.8. The first-order valence-corrected chi connectivity index (χ1v) is 5.55. The minimum absolute atomic E-state index is 0.504. The van der Waals surface area contributed by atoms with E-state index >= 15 is 0 Å². The molecular weight excluding hydrogens is 289 g/mol. The number of nitriles is 1. The molecule has 1 rings (SSSR count). The van der Waals surface area contributed by atoms with Crippen molar-refractivity contribution in [2.24, 2.45) is 10.7 Å². The number of halogens is 2. The molecule has 2 N–H and O–H groups in total. The first-order valence-electron chi connectivity index (χ1n) is 4.38. The zero-order valence-corrected chi connectivity index (χ0v) is 10.9. The van der Waals surface area contributed by atoms with Gasteiger partial charge in [-0.05, 0) is 34.1 Å². The summed E-state index contributed by atoms with van der Waals surface area (Å²) in [5.41, 5.74) is 7.17. The smallest absolute Gasteiger partial charge is 0.0998 e. The Bertz CT molecular complexity index is 500. The van der Waals surface area contributed by atoms with Crippen molar-refractivity contribution in [2.45, 2.75) is 0 Å². The van der Waals surface area contributed by atoms with Gasteiger partial charge in [0.15, 0.2) is 0 Å². The van der Waals surface area contributed by atoms with E-state index in [9.17, 15) is 0 Å². The second kappa shape index (κ2) is 5.69. The van der Waals surface area contributed by atoms with E-state index in [1.165, 1.54) is 6.20 Å². The van der Waals surface area contributed by atoms with Crippen LogP contribution in [0.4, 0.5) is 0 Å². The van der Waals surface area contributed by atoms with Gasteiger partial charge < -0.3 is 5.73 Å². The Morgan fingerprint density at radius 1 is 1.62 bits per heavy atom. The fraction of sp³-hybridized carbons (Fsp3) is 0.0909. The number of hydrogen-bond donors (Lipinski definition) is 1. The van der Waals surface area contributed by atoms with E-state index in [2.05, 4.69) is 27.0 Å². The molecule has 0 heterocycles. The molecule has 0 saturated heterocycles. The van der Waals surface area contributed by atoms with Crippen molar-refractivity contribution in [3.63, 3.8) is 0 Å². The molecule has 0 fully saturated rings. The van der Waals surface area contributed by atoms with Crippen LogP contribution in [0.5, 0.6) is 0 Å². The molecule has 0 atom stereocenters. The Morgan fingerprint density at radius 2 is 2.31 bits per heavy atom. The summed E-state index contributed by atoms with van der Waals surface area (Å²) in [7, 11) is 1.63. The van der Waals surface area contributed by atoms with Gasteiger partial charge in [-0.2, -0.15) is 5.26 Å². The minimum atomic E-state index is 0.504. The molecule has 0 amide bonds. The van der Waals surface area contributed by atoms with Crippen molar-refractivity contribution in [3.8, 4) is 6.07 Å². The Kier molecular flexibility index (Phi) is 4.53. The van der Waals surface area contributed by atoms with Gasteiger partial charge >= 0.3 is 0 Å². The second-order valence-corrected chi connectivity index (χ2v) is 4.18. The van der Waals surface area contributed by atoms with E-state index in [1.807, 2.05) is 0 Å². The highest BCUT2D eigenvalue weighted by atomic mass is 79.9. The van der Waals surface area contributed by atoms with Crippen LogP contribution in [-0.2, 0) is 0 Å². The molecule has 0 aliphatic rings. The molecule has 0 saturated carbocycles. The Balaban J connectivity index is 3.42. The van der Waals surface area contributed by atoms with Gasteiger partial charge in [0.2, 0.25) is 0 Å². The van der Waals surface area contributed by atoms with Crippen molar-refractivity contribution in [1.29, 1.82) is 5.26 Å². The van der Waals surface area contributed by atoms with Crippen LogP contribution >= 0.6 is 27.5 Å². The molecule has 0 bridgehead atoms. The standard InChI is InChI=1S/C11H9BrClN3/c1-16-11(10(12)6-15)9-4-8(13)3-2-7(9)5-14/h2-4,6H,15H2,1H3/b10-6+,16-11?. The topological polar surface area (TPSA) is 62.2 Å². The van der Waals surface area contributed by atoms with E-state index in [1.54, 1.807) is 25.2 Å². The quantitative estimate of drug-likeness (QED) is 0.853. The largest absolute Gasteiger partial charge is 0.404 e. The van der Waals surface area contributed by atoms with Crippen molar-refractivity contribution in [3.05, 3.63) is 45.0 Å². The van der Waals surface area contributed by atoms with Crippen LogP contribution in [0.3, 0.4) is 0 Å². The highest BCUT2D eigenvalue weighted by Crippen LogP contribution is 2.21. The number of nitrogens with zero attached hydrogens (tertiary/aromatic N) is 2. The lowest BCUT2D eigenvalue weighted by Crippen LogP contribution is -2.05. The van der Waals surface area contributed by atoms with Crippen LogP contribution in [-0.4, -0.2) is 12.8 Å². The number of aliphatic imine (C=N–C) groups is 1. The lowest BCUT2D eigenvalue weighted by Gasteiger charge is -2.07. The second-order valence-electron chi connectivity index (χ2n) is 2.89. The predicted molar refractivity (Wildman–Crippen MR) is 69.8 cm³/mol. The number of rotatable bonds is 2. The third kappa shape index (κ3) is 2.63. The molecule has 3 nitrogen and oxygen atoms in total. The average molecular weight is 299 g/mol. The van der Waals surface area contributed by atoms with Crippen LogP contribution in [0.2, 0.25) is 5.02 Å². The van der Waals surface area contributed by atoms with Crippen molar-refractivity contribution >= 4 is 33.2 Å². The number of allylic oxidation sites excluding steroid dienone is 1. The monoisotopic (exact) mass is 297 g/mol.